The van der Waals surface area contributed by atoms with Gasteiger partial charge in [0.1, 0.15) is 6.33 Å². The summed E-state index contributed by atoms with van der Waals surface area (Å²) in [5.74, 6) is 0.338. The average molecular weight is 208 g/mol. The van der Waals surface area contributed by atoms with Gasteiger partial charge in [-0.1, -0.05) is 19.3 Å². The average Bonchev–Trinajstić information content (AvgIpc) is 2.68. The standard InChI is InChI=1S/C10H16N4O/c15-10(9-11-8-12-13-9)14-6-4-2-1-3-5-7-14/h8H,1-7H2,(H,11,12,13). The van der Waals surface area contributed by atoms with Gasteiger partial charge in [0, 0.05) is 13.1 Å². The monoisotopic (exact) mass is 208 g/mol. The lowest BCUT2D eigenvalue weighted by atomic mass is 10.1. The van der Waals surface area contributed by atoms with Gasteiger partial charge in [0.05, 0.1) is 0 Å². The minimum Gasteiger partial charge on any atom is -0.336 e. The van der Waals surface area contributed by atoms with Crippen LogP contribution in [-0.2, 0) is 0 Å². The first-order valence-corrected chi connectivity index (χ1v) is 5.52. The highest BCUT2D eigenvalue weighted by Crippen LogP contribution is 2.11. The lowest BCUT2D eigenvalue weighted by Gasteiger charge is -2.23. The summed E-state index contributed by atoms with van der Waals surface area (Å²) in [4.78, 5) is 17.7. The number of aromatic amines is 1. The van der Waals surface area contributed by atoms with Crippen LogP contribution in [0.4, 0.5) is 0 Å². The third-order valence-corrected chi connectivity index (χ3v) is 2.76. The molecule has 0 aliphatic carbocycles. The second-order valence-corrected chi connectivity index (χ2v) is 3.89. The molecule has 5 heteroatoms. The van der Waals surface area contributed by atoms with Crippen LogP contribution in [-0.4, -0.2) is 39.1 Å². The Morgan fingerprint density at radius 1 is 1.20 bits per heavy atom. The molecule has 1 saturated heterocycles. The fraction of sp³-hybridized carbons (Fsp3) is 0.700. The summed E-state index contributed by atoms with van der Waals surface area (Å²) in [6.07, 6.45) is 7.31. The van der Waals surface area contributed by atoms with Crippen LogP contribution >= 0.6 is 0 Å². The van der Waals surface area contributed by atoms with Gasteiger partial charge in [0.15, 0.2) is 0 Å². The van der Waals surface area contributed by atoms with Gasteiger partial charge in [0.2, 0.25) is 5.82 Å². The summed E-state index contributed by atoms with van der Waals surface area (Å²) < 4.78 is 0. The highest BCUT2D eigenvalue weighted by molar-refractivity contribution is 5.90. The number of nitrogens with one attached hydrogen (secondary N) is 1. The molecule has 2 heterocycles. The maximum atomic E-state index is 11.9. The third-order valence-electron chi connectivity index (χ3n) is 2.76. The van der Waals surface area contributed by atoms with Crippen molar-refractivity contribution >= 4 is 5.91 Å². The lowest BCUT2D eigenvalue weighted by Crippen LogP contribution is -2.34. The zero-order valence-electron chi connectivity index (χ0n) is 8.78. The molecule has 2 rings (SSSR count). The van der Waals surface area contributed by atoms with Crippen molar-refractivity contribution in [3.05, 3.63) is 12.2 Å². The summed E-state index contributed by atoms with van der Waals surface area (Å²) in [6.45, 7) is 1.69. The predicted molar refractivity (Wildman–Crippen MR) is 55.4 cm³/mol. The van der Waals surface area contributed by atoms with E-state index in [0.29, 0.717) is 5.82 Å². The molecule has 0 spiro atoms. The molecule has 1 aromatic heterocycles. The zero-order valence-corrected chi connectivity index (χ0v) is 8.78. The van der Waals surface area contributed by atoms with E-state index >= 15 is 0 Å². The number of hydrogen-bond donors (Lipinski definition) is 1. The second kappa shape index (κ2) is 4.91. The van der Waals surface area contributed by atoms with Crippen molar-refractivity contribution in [3.8, 4) is 0 Å². The van der Waals surface area contributed by atoms with E-state index < -0.39 is 0 Å². The van der Waals surface area contributed by atoms with E-state index in [0.717, 1.165) is 25.9 Å². The van der Waals surface area contributed by atoms with Crippen molar-refractivity contribution < 1.29 is 4.79 Å². The number of nitrogens with zero attached hydrogens (tertiary/aromatic N) is 3. The van der Waals surface area contributed by atoms with Gasteiger partial charge in [-0.05, 0) is 12.8 Å². The van der Waals surface area contributed by atoms with Crippen LogP contribution in [0, 0.1) is 0 Å². The van der Waals surface area contributed by atoms with Crippen LogP contribution in [0.3, 0.4) is 0 Å². The fourth-order valence-corrected chi connectivity index (χ4v) is 1.91. The van der Waals surface area contributed by atoms with E-state index in [-0.39, 0.29) is 5.91 Å². The first-order valence-electron chi connectivity index (χ1n) is 5.52. The number of hydrogen-bond acceptors (Lipinski definition) is 3. The minimum absolute atomic E-state index is 0.0191. The second-order valence-electron chi connectivity index (χ2n) is 3.89. The third kappa shape index (κ3) is 2.55. The Morgan fingerprint density at radius 2 is 1.87 bits per heavy atom. The molecule has 1 N–H and O–H groups in total. The SMILES string of the molecule is O=C(c1ncn[nH]1)N1CCCCCCC1. The number of carbonyl (C=O) groups is 1. The molecule has 1 aliphatic heterocycles. The summed E-state index contributed by atoms with van der Waals surface area (Å²) in [6, 6.07) is 0. The summed E-state index contributed by atoms with van der Waals surface area (Å²) >= 11 is 0. The van der Waals surface area contributed by atoms with Crippen molar-refractivity contribution in [2.45, 2.75) is 32.1 Å². The minimum atomic E-state index is -0.0191. The molecular formula is C10H16N4O. The van der Waals surface area contributed by atoms with Crippen LogP contribution in [0.2, 0.25) is 0 Å². The van der Waals surface area contributed by atoms with Gasteiger partial charge in [-0.15, -0.1) is 0 Å². The molecule has 1 fully saturated rings. The van der Waals surface area contributed by atoms with E-state index in [1.54, 1.807) is 0 Å². The van der Waals surface area contributed by atoms with Crippen molar-refractivity contribution in [2.75, 3.05) is 13.1 Å². The lowest BCUT2D eigenvalue weighted by molar-refractivity contribution is 0.0730. The highest BCUT2D eigenvalue weighted by Gasteiger charge is 2.18. The number of aromatic nitrogens is 3. The molecule has 0 atom stereocenters. The number of carbonyl (C=O) groups excluding carboxylic acids is 1. The molecule has 5 nitrogen and oxygen atoms in total. The van der Waals surface area contributed by atoms with Crippen LogP contribution in [0.1, 0.15) is 42.7 Å². The molecule has 1 amide bonds. The maximum absolute atomic E-state index is 11.9. The predicted octanol–water partition coefficient (Wildman–Crippen LogP) is 1.21. The zero-order chi connectivity index (χ0) is 10.5. The van der Waals surface area contributed by atoms with Gasteiger partial charge in [-0.2, -0.15) is 5.10 Å². The van der Waals surface area contributed by atoms with Crippen molar-refractivity contribution in [3.63, 3.8) is 0 Å². The molecule has 0 saturated carbocycles. The number of likely N-dealkylation sites (tertiary alicyclic amines) is 1. The Kier molecular flexibility index (Phi) is 3.32. The van der Waals surface area contributed by atoms with Crippen molar-refractivity contribution in [1.29, 1.82) is 0 Å². The molecule has 0 bridgehead atoms. The topological polar surface area (TPSA) is 61.9 Å². The van der Waals surface area contributed by atoms with Gasteiger partial charge >= 0.3 is 0 Å². The van der Waals surface area contributed by atoms with Crippen LogP contribution < -0.4 is 0 Å². The van der Waals surface area contributed by atoms with Crippen LogP contribution in [0.25, 0.3) is 0 Å². The normalized spacial score (nSPS) is 18.3. The Balaban J connectivity index is 1.98. The van der Waals surface area contributed by atoms with Gasteiger partial charge in [-0.3, -0.25) is 9.89 Å². The molecule has 1 aromatic rings. The van der Waals surface area contributed by atoms with E-state index in [2.05, 4.69) is 15.2 Å². The van der Waals surface area contributed by atoms with E-state index in [1.165, 1.54) is 25.6 Å². The highest BCUT2D eigenvalue weighted by atomic mass is 16.2. The van der Waals surface area contributed by atoms with E-state index in [1.807, 2.05) is 4.90 Å². The van der Waals surface area contributed by atoms with Crippen LogP contribution in [0.5, 0.6) is 0 Å². The van der Waals surface area contributed by atoms with Gasteiger partial charge < -0.3 is 4.90 Å². The fourth-order valence-electron chi connectivity index (χ4n) is 1.91. The summed E-state index contributed by atoms with van der Waals surface area (Å²) in [5.41, 5.74) is 0. The smallest absolute Gasteiger partial charge is 0.291 e. The van der Waals surface area contributed by atoms with E-state index in [4.69, 9.17) is 0 Å². The van der Waals surface area contributed by atoms with Crippen molar-refractivity contribution in [2.24, 2.45) is 0 Å². The first kappa shape index (κ1) is 10.1. The quantitative estimate of drug-likeness (QED) is 0.754. The van der Waals surface area contributed by atoms with Crippen molar-refractivity contribution in [1.82, 2.24) is 20.1 Å². The first-order chi connectivity index (χ1) is 7.38. The Labute approximate surface area is 88.9 Å². The number of rotatable bonds is 1. The summed E-state index contributed by atoms with van der Waals surface area (Å²) in [7, 11) is 0. The van der Waals surface area contributed by atoms with Crippen LogP contribution in [0.15, 0.2) is 6.33 Å². The molecule has 15 heavy (non-hydrogen) atoms. The Bertz CT molecular complexity index is 301. The molecular weight excluding hydrogens is 192 g/mol. The van der Waals surface area contributed by atoms with Gasteiger partial charge in [-0.25, -0.2) is 4.98 Å². The molecule has 1 aliphatic rings. The molecule has 82 valence electrons. The number of amides is 1. The molecule has 0 aromatic carbocycles. The number of H-pyrrole nitrogens is 1. The Morgan fingerprint density at radius 3 is 2.47 bits per heavy atom. The van der Waals surface area contributed by atoms with Gasteiger partial charge in [0.25, 0.3) is 5.91 Å². The van der Waals surface area contributed by atoms with E-state index in [9.17, 15) is 4.79 Å². The molecule has 0 radical (unpaired) electrons. The molecule has 0 unspecified atom stereocenters. The largest absolute Gasteiger partial charge is 0.336 e. The Hall–Kier alpha value is -1.39. The summed E-state index contributed by atoms with van der Waals surface area (Å²) in [5, 5.41) is 6.31. The maximum Gasteiger partial charge on any atom is 0.291 e.